The minimum Gasteiger partial charge on any atom is -0.480 e. The second-order valence-corrected chi connectivity index (χ2v) is 7.20. The zero-order valence-electron chi connectivity index (χ0n) is 15.5. The Balaban J connectivity index is 2.02. The van der Waals surface area contributed by atoms with Crippen LogP contribution in [0.4, 0.5) is 18.9 Å². The van der Waals surface area contributed by atoms with Gasteiger partial charge in [0.25, 0.3) is 0 Å². The summed E-state index contributed by atoms with van der Waals surface area (Å²) in [5.41, 5.74) is 0.689. The van der Waals surface area contributed by atoms with E-state index < -0.39 is 30.0 Å². The number of carboxylic acids is 1. The monoisotopic (exact) mass is 426 g/mol. The van der Waals surface area contributed by atoms with Crippen molar-refractivity contribution in [3.05, 3.63) is 52.7 Å². The molecule has 2 aromatic carbocycles. The SMILES string of the molecule is CC(C)c1c[nH]c2ccc(Oc3c(Cl)cc(NCC(=O)O)cc3C(F)(F)F)cc12. The largest absolute Gasteiger partial charge is 0.480 e. The summed E-state index contributed by atoms with van der Waals surface area (Å²) < 4.78 is 46.3. The van der Waals surface area contributed by atoms with Gasteiger partial charge in [-0.3, -0.25) is 4.79 Å². The van der Waals surface area contributed by atoms with E-state index in [4.69, 9.17) is 21.4 Å². The minimum atomic E-state index is -4.75. The summed E-state index contributed by atoms with van der Waals surface area (Å²) in [5.74, 6) is -1.33. The Morgan fingerprint density at radius 3 is 2.62 bits per heavy atom. The zero-order valence-corrected chi connectivity index (χ0v) is 16.3. The summed E-state index contributed by atoms with van der Waals surface area (Å²) in [5, 5.41) is 11.7. The van der Waals surface area contributed by atoms with Crippen molar-refractivity contribution in [1.29, 1.82) is 0 Å². The van der Waals surface area contributed by atoms with E-state index in [2.05, 4.69) is 10.3 Å². The first-order valence-electron chi connectivity index (χ1n) is 8.71. The quantitative estimate of drug-likeness (QED) is 0.435. The number of hydrogen-bond acceptors (Lipinski definition) is 3. The molecule has 3 rings (SSSR count). The van der Waals surface area contributed by atoms with Gasteiger partial charge in [0.2, 0.25) is 0 Å². The van der Waals surface area contributed by atoms with Crippen molar-refractivity contribution < 1.29 is 27.8 Å². The maximum Gasteiger partial charge on any atom is 0.420 e. The lowest BCUT2D eigenvalue weighted by atomic mass is 10.0. The van der Waals surface area contributed by atoms with Crippen molar-refractivity contribution in [3.8, 4) is 11.5 Å². The number of rotatable bonds is 6. The molecule has 0 saturated heterocycles. The van der Waals surface area contributed by atoms with Crippen molar-refractivity contribution in [3.63, 3.8) is 0 Å². The van der Waals surface area contributed by atoms with Gasteiger partial charge in [0.05, 0.1) is 5.02 Å². The third-order valence-corrected chi connectivity index (χ3v) is 4.60. The summed E-state index contributed by atoms with van der Waals surface area (Å²) >= 11 is 6.07. The highest BCUT2D eigenvalue weighted by molar-refractivity contribution is 6.32. The Kier molecular flexibility index (Phi) is 5.66. The number of alkyl halides is 3. The summed E-state index contributed by atoms with van der Waals surface area (Å²) in [6.45, 7) is 3.48. The van der Waals surface area contributed by atoms with Crippen LogP contribution in [0.1, 0.15) is 30.9 Å². The maximum absolute atomic E-state index is 13.6. The molecule has 1 heterocycles. The fraction of sp³-hybridized carbons (Fsp3) is 0.250. The molecule has 29 heavy (non-hydrogen) atoms. The molecule has 0 radical (unpaired) electrons. The number of nitrogens with one attached hydrogen (secondary N) is 2. The topological polar surface area (TPSA) is 74.3 Å². The van der Waals surface area contributed by atoms with Gasteiger partial charge in [-0.05, 0) is 41.8 Å². The molecule has 0 unspecified atom stereocenters. The first kappa shape index (κ1) is 20.9. The molecule has 0 amide bonds. The molecule has 0 aliphatic rings. The predicted octanol–water partition coefficient (Wildman–Crippen LogP) is 6.25. The van der Waals surface area contributed by atoms with E-state index in [0.717, 1.165) is 22.5 Å². The number of aromatic amines is 1. The van der Waals surface area contributed by atoms with Gasteiger partial charge in [-0.1, -0.05) is 25.4 Å². The lowest BCUT2D eigenvalue weighted by Crippen LogP contribution is -2.14. The van der Waals surface area contributed by atoms with Gasteiger partial charge in [0, 0.05) is 22.8 Å². The second kappa shape index (κ2) is 7.87. The van der Waals surface area contributed by atoms with Crippen LogP contribution in [0.15, 0.2) is 36.5 Å². The Morgan fingerprint density at radius 1 is 1.28 bits per heavy atom. The van der Waals surface area contributed by atoms with E-state index in [9.17, 15) is 18.0 Å². The van der Waals surface area contributed by atoms with Crippen LogP contribution in [-0.4, -0.2) is 22.6 Å². The van der Waals surface area contributed by atoms with E-state index in [1.165, 1.54) is 6.07 Å². The van der Waals surface area contributed by atoms with Gasteiger partial charge in [0.1, 0.15) is 17.9 Å². The molecular formula is C20H18ClF3N2O3. The standard InChI is InChI=1S/C20H18ClF3N2O3/c1-10(2)14-8-26-17-4-3-12(7-13(14)17)29-19-15(20(22,23)24)5-11(6-16(19)21)25-9-18(27)28/h3-8,10,25-26H,9H2,1-2H3,(H,27,28). The van der Waals surface area contributed by atoms with Gasteiger partial charge in [-0.15, -0.1) is 0 Å². The number of ether oxygens (including phenoxy) is 1. The number of halogens is 4. The lowest BCUT2D eigenvalue weighted by Gasteiger charge is -2.17. The molecule has 0 bridgehead atoms. The number of aliphatic carboxylic acids is 1. The summed E-state index contributed by atoms with van der Waals surface area (Å²) in [6, 6.07) is 6.91. The zero-order chi connectivity index (χ0) is 21.3. The summed E-state index contributed by atoms with van der Waals surface area (Å²) in [4.78, 5) is 13.8. The molecule has 0 aliphatic carbocycles. The van der Waals surface area contributed by atoms with E-state index in [1.807, 2.05) is 20.0 Å². The van der Waals surface area contributed by atoms with Gasteiger partial charge >= 0.3 is 12.1 Å². The van der Waals surface area contributed by atoms with Crippen LogP contribution in [-0.2, 0) is 11.0 Å². The van der Waals surface area contributed by atoms with Crippen LogP contribution >= 0.6 is 11.6 Å². The van der Waals surface area contributed by atoms with E-state index in [1.54, 1.807) is 18.2 Å². The number of H-pyrrole nitrogens is 1. The average Bonchev–Trinajstić information content (AvgIpc) is 3.04. The average molecular weight is 427 g/mol. The molecule has 3 aromatic rings. The van der Waals surface area contributed by atoms with Gasteiger partial charge in [-0.2, -0.15) is 13.2 Å². The smallest absolute Gasteiger partial charge is 0.420 e. The van der Waals surface area contributed by atoms with Crippen molar-refractivity contribution in [2.75, 3.05) is 11.9 Å². The Bertz CT molecular complexity index is 1060. The van der Waals surface area contributed by atoms with Crippen molar-refractivity contribution in [2.45, 2.75) is 25.9 Å². The van der Waals surface area contributed by atoms with Crippen LogP contribution in [0.25, 0.3) is 10.9 Å². The third kappa shape index (κ3) is 4.59. The number of benzene rings is 2. The van der Waals surface area contributed by atoms with Crippen molar-refractivity contribution in [2.24, 2.45) is 0 Å². The molecule has 1 aromatic heterocycles. The molecule has 0 aliphatic heterocycles. The molecule has 3 N–H and O–H groups in total. The highest BCUT2D eigenvalue weighted by atomic mass is 35.5. The molecule has 9 heteroatoms. The minimum absolute atomic E-state index is 0.0692. The second-order valence-electron chi connectivity index (χ2n) is 6.79. The highest BCUT2D eigenvalue weighted by Crippen LogP contribution is 2.44. The molecule has 0 atom stereocenters. The summed E-state index contributed by atoms with van der Waals surface area (Å²) in [6.07, 6.45) is -2.89. The van der Waals surface area contributed by atoms with Gasteiger partial charge in [0.15, 0.2) is 5.75 Å². The number of fused-ring (bicyclic) bond motifs is 1. The van der Waals surface area contributed by atoms with Crippen LogP contribution < -0.4 is 10.1 Å². The molecular weight excluding hydrogens is 409 g/mol. The number of hydrogen-bond donors (Lipinski definition) is 3. The highest BCUT2D eigenvalue weighted by Gasteiger charge is 2.36. The third-order valence-electron chi connectivity index (χ3n) is 4.32. The summed E-state index contributed by atoms with van der Waals surface area (Å²) in [7, 11) is 0. The Hall–Kier alpha value is -2.87. The Morgan fingerprint density at radius 2 is 2.00 bits per heavy atom. The van der Waals surface area contributed by atoms with Crippen LogP contribution in [0.3, 0.4) is 0 Å². The number of aromatic nitrogens is 1. The van der Waals surface area contributed by atoms with E-state index in [0.29, 0.717) is 0 Å². The molecule has 0 saturated carbocycles. The van der Waals surface area contributed by atoms with Crippen LogP contribution in [0.5, 0.6) is 11.5 Å². The fourth-order valence-corrected chi connectivity index (χ4v) is 3.23. The van der Waals surface area contributed by atoms with E-state index in [-0.39, 0.29) is 22.4 Å². The first-order valence-corrected chi connectivity index (χ1v) is 9.09. The fourth-order valence-electron chi connectivity index (χ4n) is 2.97. The molecule has 154 valence electrons. The predicted molar refractivity (Wildman–Crippen MR) is 105 cm³/mol. The Labute approximate surface area is 169 Å². The maximum atomic E-state index is 13.6. The number of carboxylic acid groups (broad SMARTS) is 1. The van der Waals surface area contributed by atoms with Gasteiger partial charge < -0.3 is 20.1 Å². The van der Waals surface area contributed by atoms with Crippen molar-refractivity contribution >= 4 is 34.2 Å². The molecule has 0 fully saturated rings. The number of carbonyl (C=O) groups is 1. The molecule has 0 spiro atoms. The first-order chi connectivity index (χ1) is 13.6. The molecule has 5 nitrogen and oxygen atoms in total. The van der Waals surface area contributed by atoms with Crippen LogP contribution in [0.2, 0.25) is 5.02 Å². The lowest BCUT2D eigenvalue weighted by molar-refractivity contribution is -0.138. The van der Waals surface area contributed by atoms with E-state index >= 15 is 0 Å². The normalized spacial score (nSPS) is 11.8. The van der Waals surface area contributed by atoms with Gasteiger partial charge in [-0.25, -0.2) is 0 Å². The van der Waals surface area contributed by atoms with Crippen molar-refractivity contribution in [1.82, 2.24) is 4.98 Å². The van der Waals surface area contributed by atoms with Crippen LogP contribution in [0, 0.1) is 0 Å². The number of anilines is 1.